The fraction of sp³-hybridized carbons (Fsp3) is 0.263. The van der Waals surface area contributed by atoms with Crippen molar-refractivity contribution in [1.82, 2.24) is 0 Å². The van der Waals surface area contributed by atoms with Gasteiger partial charge in [-0.2, -0.15) is 5.26 Å². The lowest BCUT2D eigenvalue weighted by Gasteiger charge is -2.09. The predicted octanol–water partition coefficient (Wildman–Crippen LogP) is 3.89. The van der Waals surface area contributed by atoms with Crippen LogP contribution in [-0.2, 0) is 11.2 Å². The number of nitrogens with zero attached hydrogens (tertiary/aromatic N) is 1. The number of rotatable bonds is 6. The first-order valence-electron chi connectivity index (χ1n) is 7.57. The SMILES string of the molecule is CC(C)c1ccc(OCC(=O)Nc2ccc(CC#N)cc2)cc1. The lowest BCUT2D eigenvalue weighted by atomic mass is 10.0. The zero-order valence-electron chi connectivity index (χ0n) is 13.4. The minimum absolute atomic E-state index is 0.0407. The van der Waals surface area contributed by atoms with Crippen LogP contribution in [0.1, 0.15) is 30.9 Å². The maximum absolute atomic E-state index is 11.9. The molecule has 0 saturated heterocycles. The molecule has 0 aliphatic carbocycles. The smallest absolute Gasteiger partial charge is 0.262 e. The Morgan fingerprint density at radius 3 is 2.35 bits per heavy atom. The zero-order chi connectivity index (χ0) is 16.7. The maximum Gasteiger partial charge on any atom is 0.262 e. The van der Waals surface area contributed by atoms with Crippen LogP contribution in [-0.4, -0.2) is 12.5 Å². The molecule has 4 nitrogen and oxygen atoms in total. The van der Waals surface area contributed by atoms with Crippen LogP contribution in [0.2, 0.25) is 0 Å². The third kappa shape index (κ3) is 5.15. The van der Waals surface area contributed by atoms with Crippen LogP contribution in [0.25, 0.3) is 0 Å². The van der Waals surface area contributed by atoms with Crippen molar-refractivity contribution in [3.8, 4) is 11.8 Å². The normalized spacial score (nSPS) is 10.2. The van der Waals surface area contributed by atoms with Crippen molar-refractivity contribution < 1.29 is 9.53 Å². The zero-order valence-corrected chi connectivity index (χ0v) is 13.4. The summed E-state index contributed by atoms with van der Waals surface area (Å²) in [7, 11) is 0. The average Bonchev–Trinajstić information content (AvgIpc) is 2.55. The Hall–Kier alpha value is -2.80. The van der Waals surface area contributed by atoms with Crippen molar-refractivity contribution in [2.45, 2.75) is 26.2 Å². The van der Waals surface area contributed by atoms with Crippen molar-refractivity contribution >= 4 is 11.6 Å². The minimum Gasteiger partial charge on any atom is -0.484 e. The topological polar surface area (TPSA) is 62.1 Å². The van der Waals surface area contributed by atoms with Crippen LogP contribution in [0.3, 0.4) is 0 Å². The summed E-state index contributed by atoms with van der Waals surface area (Å²) in [6.07, 6.45) is 0.365. The van der Waals surface area contributed by atoms with E-state index >= 15 is 0 Å². The van der Waals surface area contributed by atoms with E-state index in [1.807, 2.05) is 36.4 Å². The summed E-state index contributed by atoms with van der Waals surface area (Å²) in [6, 6.07) is 17.1. The lowest BCUT2D eigenvalue weighted by Crippen LogP contribution is -2.20. The molecule has 23 heavy (non-hydrogen) atoms. The summed E-state index contributed by atoms with van der Waals surface area (Å²) in [4.78, 5) is 11.9. The first kappa shape index (κ1) is 16.6. The molecule has 0 aliphatic heterocycles. The number of hydrogen-bond acceptors (Lipinski definition) is 3. The van der Waals surface area contributed by atoms with Crippen molar-refractivity contribution in [3.05, 3.63) is 59.7 Å². The number of nitrogens with one attached hydrogen (secondary N) is 1. The van der Waals surface area contributed by atoms with E-state index in [-0.39, 0.29) is 12.5 Å². The Balaban J connectivity index is 1.83. The second kappa shape index (κ2) is 8.00. The van der Waals surface area contributed by atoms with Crippen molar-refractivity contribution in [2.75, 3.05) is 11.9 Å². The number of nitriles is 1. The van der Waals surface area contributed by atoms with Gasteiger partial charge in [0.25, 0.3) is 5.91 Å². The number of anilines is 1. The number of carbonyl (C=O) groups is 1. The van der Waals surface area contributed by atoms with Crippen molar-refractivity contribution in [3.63, 3.8) is 0 Å². The maximum atomic E-state index is 11.9. The third-order valence-electron chi connectivity index (χ3n) is 3.44. The number of ether oxygens (including phenoxy) is 1. The number of amides is 1. The van der Waals surface area contributed by atoms with Gasteiger partial charge in [0.15, 0.2) is 6.61 Å². The van der Waals surface area contributed by atoms with E-state index in [1.165, 1.54) is 5.56 Å². The molecular formula is C19H20N2O2. The molecule has 0 bridgehead atoms. The van der Waals surface area contributed by atoms with E-state index in [0.717, 1.165) is 5.56 Å². The Morgan fingerprint density at radius 1 is 1.13 bits per heavy atom. The Morgan fingerprint density at radius 2 is 1.78 bits per heavy atom. The molecule has 0 heterocycles. The summed E-state index contributed by atoms with van der Waals surface area (Å²) >= 11 is 0. The van der Waals surface area contributed by atoms with E-state index in [2.05, 4.69) is 25.2 Å². The van der Waals surface area contributed by atoms with E-state index in [1.54, 1.807) is 12.1 Å². The van der Waals surface area contributed by atoms with Crippen LogP contribution >= 0.6 is 0 Å². The quantitative estimate of drug-likeness (QED) is 0.880. The van der Waals surface area contributed by atoms with Crippen LogP contribution in [0, 0.1) is 11.3 Å². The van der Waals surface area contributed by atoms with E-state index in [9.17, 15) is 4.79 Å². The minimum atomic E-state index is -0.217. The molecule has 2 aromatic carbocycles. The van der Waals surface area contributed by atoms with Gasteiger partial charge in [0.1, 0.15) is 5.75 Å². The second-order valence-corrected chi connectivity index (χ2v) is 5.59. The van der Waals surface area contributed by atoms with E-state index in [0.29, 0.717) is 23.8 Å². The number of hydrogen-bond donors (Lipinski definition) is 1. The average molecular weight is 308 g/mol. The van der Waals surface area contributed by atoms with E-state index in [4.69, 9.17) is 10.00 Å². The molecule has 0 unspecified atom stereocenters. The van der Waals surface area contributed by atoms with Gasteiger partial charge >= 0.3 is 0 Å². The third-order valence-corrected chi connectivity index (χ3v) is 3.44. The predicted molar refractivity (Wildman–Crippen MR) is 90.4 cm³/mol. The summed E-state index contributed by atoms with van der Waals surface area (Å²) < 4.78 is 5.48. The molecule has 0 fully saturated rings. The first-order chi connectivity index (χ1) is 11.1. The van der Waals surface area contributed by atoms with Crippen molar-refractivity contribution in [1.29, 1.82) is 5.26 Å². The fourth-order valence-corrected chi connectivity index (χ4v) is 2.09. The standard InChI is InChI=1S/C19H20N2O2/c1-14(2)16-5-9-18(10-6-16)23-13-19(22)21-17-7-3-15(4-8-17)11-12-20/h3-10,14H,11,13H2,1-2H3,(H,21,22). The van der Waals surface area contributed by atoms with Crippen LogP contribution < -0.4 is 10.1 Å². The first-order valence-corrected chi connectivity index (χ1v) is 7.57. The molecule has 0 saturated carbocycles. The fourth-order valence-electron chi connectivity index (χ4n) is 2.09. The van der Waals surface area contributed by atoms with Crippen LogP contribution in [0.15, 0.2) is 48.5 Å². The van der Waals surface area contributed by atoms with Gasteiger partial charge in [-0.25, -0.2) is 0 Å². The Labute approximate surface area is 136 Å². The van der Waals surface area contributed by atoms with Gasteiger partial charge < -0.3 is 10.1 Å². The molecule has 1 amide bonds. The molecule has 0 radical (unpaired) electrons. The molecule has 0 spiro atoms. The molecule has 1 N–H and O–H groups in total. The van der Waals surface area contributed by atoms with Crippen molar-refractivity contribution in [2.24, 2.45) is 0 Å². The van der Waals surface area contributed by atoms with Gasteiger partial charge in [-0.15, -0.1) is 0 Å². The number of benzene rings is 2. The molecular weight excluding hydrogens is 288 g/mol. The number of carbonyl (C=O) groups excluding carboxylic acids is 1. The molecule has 2 rings (SSSR count). The van der Waals surface area contributed by atoms with Crippen LogP contribution in [0.4, 0.5) is 5.69 Å². The highest BCUT2D eigenvalue weighted by atomic mass is 16.5. The van der Waals surface area contributed by atoms with Gasteiger partial charge in [-0.1, -0.05) is 38.1 Å². The molecule has 0 atom stereocenters. The summed E-state index contributed by atoms with van der Waals surface area (Å²) in [5.74, 6) is 0.927. The van der Waals surface area contributed by atoms with E-state index < -0.39 is 0 Å². The lowest BCUT2D eigenvalue weighted by molar-refractivity contribution is -0.118. The largest absolute Gasteiger partial charge is 0.484 e. The summed E-state index contributed by atoms with van der Waals surface area (Å²) in [5.41, 5.74) is 2.85. The highest BCUT2D eigenvalue weighted by Gasteiger charge is 2.05. The summed E-state index contributed by atoms with van der Waals surface area (Å²) in [5, 5.41) is 11.4. The molecule has 4 heteroatoms. The monoisotopic (exact) mass is 308 g/mol. The second-order valence-electron chi connectivity index (χ2n) is 5.59. The molecule has 0 aromatic heterocycles. The molecule has 118 valence electrons. The van der Waals surface area contributed by atoms with Gasteiger partial charge in [0.2, 0.25) is 0 Å². The Bertz CT molecular complexity index is 683. The highest BCUT2D eigenvalue weighted by molar-refractivity contribution is 5.91. The van der Waals surface area contributed by atoms with Crippen LogP contribution in [0.5, 0.6) is 5.75 Å². The molecule has 0 aliphatic rings. The highest BCUT2D eigenvalue weighted by Crippen LogP contribution is 2.18. The van der Waals surface area contributed by atoms with Gasteiger partial charge in [0, 0.05) is 5.69 Å². The van der Waals surface area contributed by atoms with Gasteiger partial charge in [-0.05, 0) is 41.3 Å². The molecule has 2 aromatic rings. The van der Waals surface area contributed by atoms with Gasteiger partial charge in [0.05, 0.1) is 12.5 Å². The van der Waals surface area contributed by atoms with Gasteiger partial charge in [-0.3, -0.25) is 4.79 Å². The Kier molecular flexibility index (Phi) is 5.76. The summed E-state index contributed by atoms with van der Waals surface area (Å²) in [6.45, 7) is 4.22.